The highest BCUT2D eigenvalue weighted by atomic mass is 16.5. The van der Waals surface area contributed by atoms with E-state index in [1.807, 2.05) is 12.1 Å². The number of carbonyl (C=O) groups excluding carboxylic acids is 1. The minimum absolute atomic E-state index is 0.0667. The summed E-state index contributed by atoms with van der Waals surface area (Å²) in [6, 6.07) is 7.47. The molecule has 0 aliphatic carbocycles. The summed E-state index contributed by atoms with van der Waals surface area (Å²) in [4.78, 5) is 12.1. The largest absolute Gasteiger partial charge is 0.496 e. The number of nitrogens with one attached hydrogen (secondary N) is 2. The first-order chi connectivity index (χ1) is 8.22. The average molecular weight is 234 g/mol. The zero-order valence-corrected chi connectivity index (χ0v) is 10.2. The maximum Gasteiger partial charge on any atom is 0.255 e. The van der Waals surface area contributed by atoms with Crippen molar-refractivity contribution in [3.05, 3.63) is 29.8 Å². The van der Waals surface area contributed by atoms with Crippen LogP contribution < -0.4 is 15.4 Å². The molecule has 0 saturated carbocycles. The molecule has 1 aromatic carbocycles. The SMILES string of the molecule is COc1ccccc1C(=O)NC1CNCC1C. The predicted molar refractivity (Wildman–Crippen MR) is 66.3 cm³/mol. The van der Waals surface area contributed by atoms with E-state index in [4.69, 9.17) is 4.74 Å². The molecule has 1 aliphatic heterocycles. The zero-order chi connectivity index (χ0) is 12.3. The van der Waals surface area contributed by atoms with Crippen LogP contribution in [0.25, 0.3) is 0 Å². The molecule has 2 atom stereocenters. The van der Waals surface area contributed by atoms with Gasteiger partial charge >= 0.3 is 0 Å². The van der Waals surface area contributed by atoms with Crippen molar-refractivity contribution in [2.24, 2.45) is 5.92 Å². The number of amides is 1. The molecule has 1 aliphatic rings. The smallest absolute Gasteiger partial charge is 0.255 e. The Labute approximate surface area is 101 Å². The maximum absolute atomic E-state index is 12.1. The van der Waals surface area contributed by atoms with Gasteiger partial charge in [-0.2, -0.15) is 0 Å². The van der Waals surface area contributed by atoms with Crippen LogP contribution in [-0.4, -0.2) is 32.1 Å². The van der Waals surface area contributed by atoms with Gasteiger partial charge in [0.1, 0.15) is 5.75 Å². The highest BCUT2D eigenvalue weighted by molar-refractivity contribution is 5.97. The summed E-state index contributed by atoms with van der Waals surface area (Å²) >= 11 is 0. The van der Waals surface area contributed by atoms with Crippen molar-refractivity contribution in [2.75, 3.05) is 20.2 Å². The normalized spacial score (nSPS) is 23.4. The van der Waals surface area contributed by atoms with Crippen molar-refractivity contribution in [1.82, 2.24) is 10.6 Å². The Balaban J connectivity index is 2.09. The highest BCUT2D eigenvalue weighted by Crippen LogP contribution is 2.18. The van der Waals surface area contributed by atoms with E-state index >= 15 is 0 Å². The second-order valence-corrected chi connectivity index (χ2v) is 4.42. The van der Waals surface area contributed by atoms with Crippen LogP contribution in [0.2, 0.25) is 0 Å². The van der Waals surface area contributed by atoms with Crippen LogP contribution >= 0.6 is 0 Å². The fourth-order valence-electron chi connectivity index (χ4n) is 2.08. The fourth-order valence-corrected chi connectivity index (χ4v) is 2.08. The second-order valence-electron chi connectivity index (χ2n) is 4.42. The third-order valence-corrected chi connectivity index (χ3v) is 3.19. The van der Waals surface area contributed by atoms with Crippen LogP contribution in [0, 0.1) is 5.92 Å². The average Bonchev–Trinajstić information content (AvgIpc) is 2.75. The van der Waals surface area contributed by atoms with E-state index in [1.165, 1.54) is 0 Å². The van der Waals surface area contributed by atoms with Crippen LogP contribution in [0.4, 0.5) is 0 Å². The molecule has 1 aromatic rings. The van der Waals surface area contributed by atoms with Crippen molar-refractivity contribution in [3.63, 3.8) is 0 Å². The Hall–Kier alpha value is -1.55. The molecule has 92 valence electrons. The first kappa shape index (κ1) is 11.9. The van der Waals surface area contributed by atoms with Crippen molar-refractivity contribution in [1.29, 1.82) is 0 Å². The molecule has 4 heteroatoms. The van der Waals surface area contributed by atoms with Gasteiger partial charge in [-0.25, -0.2) is 0 Å². The fraction of sp³-hybridized carbons (Fsp3) is 0.462. The van der Waals surface area contributed by atoms with Gasteiger partial charge in [0.25, 0.3) is 5.91 Å². The molecule has 1 heterocycles. The first-order valence-corrected chi connectivity index (χ1v) is 5.87. The van der Waals surface area contributed by atoms with Gasteiger partial charge in [0.2, 0.25) is 0 Å². The Morgan fingerprint density at radius 1 is 1.41 bits per heavy atom. The maximum atomic E-state index is 12.1. The van der Waals surface area contributed by atoms with Gasteiger partial charge < -0.3 is 15.4 Å². The van der Waals surface area contributed by atoms with Crippen LogP contribution in [0.3, 0.4) is 0 Å². The monoisotopic (exact) mass is 234 g/mol. The lowest BCUT2D eigenvalue weighted by Gasteiger charge is -2.17. The van der Waals surface area contributed by atoms with E-state index in [0.29, 0.717) is 17.2 Å². The van der Waals surface area contributed by atoms with E-state index in [2.05, 4.69) is 17.6 Å². The Kier molecular flexibility index (Phi) is 3.64. The van der Waals surface area contributed by atoms with E-state index in [0.717, 1.165) is 13.1 Å². The van der Waals surface area contributed by atoms with E-state index in [1.54, 1.807) is 19.2 Å². The molecular formula is C13H18N2O2. The third kappa shape index (κ3) is 2.58. The molecule has 2 rings (SSSR count). The lowest BCUT2D eigenvalue weighted by Crippen LogP contribution is -2.39. The van der Waals surface area contributed by atoms with Crippen molar-refractivity contribution in [3.8, 4) is 5.75 Å². The van der Waals surface area contributed by atoms with E-state index in [9.17, 15) is 4.79 Å². The minimum atomic E-state index is -0.0667. The van der Waals surface area contributed by atoms with E-state index < -0.39 is 0 Å². The molecule has 0 aromatic heterocycles. The van der Waals surface area contributed by atoms with Gasteiger partial charge in [-0.05, 0) is 24.6 Å². The van der Waals surface area contributed by atoms with Crippen LogP contribution in [-0.2, 0) is 0 Å². The molecule has 2 N–H and O–H groups in total. The topological polar surface area (TPSA) is 50.4 Å². The minimum Gasteiger partial charge on any atom is -0.496 e. The highest BCUT2D eigenvalue weighted by Gasteiger charge is 2.25. The number of methoxy groups -OCH3 is 1. The Morgan fingerprint density at radius 2 is 2.18 bits per heavy atom. The van der Waals surface area contributed by atoms with Crippen LogP contribution in [0.1, 0.15) is 17.3 Å². The van der Waals surface area contributed by atoms with Gasteiger partial charge in [0, 0.05) is 12.6 Å². The van der Waals surface area contributed by atoms with Crippen LogP contribution in [0.15, 0.2) is 24.3 Å². The Bertz CT molecular complexity index is 406. The van der Waals surface area contributed by atoms with Gasteiger partial charge in [-0.1, -0.05) is 19.1 Å². The standard InChI is InChI=1S/C13H18N2O2/c1-9-7-14-8-11(9)15-13(16)10-5-3-4-6-12(10)17-2/h3-6,9,11,14H,7-8H2,1-2H3,(H,15,16). The quantitative estimate of drug-likeness (QED) is 0.821. The van der Waals surface area contributed by atoms with Crippen molar-refractivity contribution < 1.29 is 9.53 Å². The molecular weight excluding hydrogens is 216 g/mol. The first-order valence-electron chi connectivity index (χ1n) is 5.87. The van der Waals surface area contributed by atoms with Gasteiger partial charge in [-0.3, -0.25) is 4.79 Å². The number of benzene rings is 1. The molecule has 2 unspecified atom stereocenters. The zero-order valence-electron chi connectivity index (χ0n) is 10.2. The molecule has 4 nitrogen and oxygen atoms in total. The van der Waals surface area contributed by atoms with Crippen LogP contribution in [0.5, 0.6) is 5.75 Å². The molecule has 0 radical (unpaired) electrons. The number of ether oxygens (including phenoxy) is 1. The van der Waals surface area contributed by atoms with Gasteiger partial charge in [0.15, 0.2) is 0 Å². The molecule has 17 heavy (non-hydrogen) atoms. The predicted octanol–water partition coefficient (Wildman–Crippen LogP) is 1.03. The number of hydrogen-bond acceptors (Lipinski definition) is 3. The van der Waals surface area contributed by atoms with Crippen molar-refractivity contribution in [2.45, 2.75) is 13.0 Å². The number of para-hydroxylation sites is 1. The Morgan fingerprint density at radius 3 is 2.82 bits per heavy atom. The summed E-state index contributed by atoms with van der Waals surface area (Å²) in [7, 11) is 1.58. The number of carbonyl (C=O) groups is 1. The molecule has 1 saturated heterocycles. The summed E-state index contributed by atoms with van der Waals surface area (Å²) in [5.41, 5.74) is 0.592. The number of hydrogen-bond donors (Lipinski definition) is 2. The summed E-state index contributed by atoms with van der Waals surface area (Å²) < 4.78 is 5.18. The summed E-state index contributed by atoms with van der Waals surface area (Å²) in [5.74, 6) is 1.01. The van der Waals surface area contributed by atoms with Crippen molar-refractivity contribution >= 4 is 5.91 Å². The summed E-state index contributed by atoms with van der Waals surface area (Å²) in [6.07, 6.45) is 0. The van der Waals surface area contributed by atoms with E-state index in [-0.39, 0.29) is 11.9 Å². The lowest BCUT2D eigenvalue weighted by molar-refractivity contribution is 0.0930. The second kappa shape index (κ2) is 5.19. The molecule has 0 spiro atoms. The molecule has 1 amide bonds. The summed E-state index contributed by atoms with van der Waals surface area (Å²) in [6.45, 7) is 3.92. The van der Waals surface area contributed by atoms with Gasteiger partial charge in [-0.15, -0.1) is 0 Å². The number of rotatable bonds is 3. The lowest BCUT2D eigenvalue weighted by atomic mass is 10.1. The molecule has 1 fully saturated rings. The summed E-state index contributed by atoms with van der Waals surface area (Å²) in [5, 5.41) is 6.30. The third-order valence-electron chi connectivity index (χ3n) is 3.19. The molecule has 0 bridgehead atoms. The van der Waals surface area contributed by atoms with Gasteiger partial charge in [0.05, 0.1) is 12.7 Å².